The zero-order valence-electron chi connectivity index (χ0n) is 8.61. The maximum Gasteiger partial charge on any atom is 0.0159 e. The van der Waals surface area contributed by atoms with E-state index >= 15 is 0 Å². The summed E-state index contributed by atoms with van der Waals surface area (Å²) in [5.74, 6) is 0.829. The molecule has 0 aromatic carbocycles. The second-order valence-electron chi connectivity index (χ2n) is 4.58. The first-order valence-corrected chi connectivity index (χ1v) is 4.92. The van der Waals surface area contributed by atoms with Crippen LogP contribution in [0.3, 0.4) is 0 Å². The van der Waals surface area contributed by atoms with E-state index in [2.05, 4.69) is 32.7 Å². The molecule has 1 aliphatic carbocycles. The summed E-state index contributed by atoms with van der Waals surface area (Å²) in [6.45, 7) is 12.8. The van der Waals surface area contributed by atoms with E-state index in [1.54, 1.807) is 0 Å². The highest BCUT2D eigenvalue weighted by atomic mass is 14.9. The molecular formula is C11H21N. The van der Waals surface area contributed by atoms with Gasteiger partial charge in [0, 0.05) is 13.1 Å². The highest BCUT2D eigenvalue weighted by molar-refractivity contribution is 4.99. The topological polar surface area (TPSA) is 12.0 Å². The Morgan fingerprint density at radius 1 is 1.50 bits per heavy atom. The largest absolute Gasteiger partial charge is 0.312 e. The Morgan fingerprint density at radius 2 is 2.08 bits per heavy atom. The maximum atomic E-state index is 3.88. The van der Waals surface area contributed by atoms with Crippen molar-refractivity contribution in [3.8, 4) is 0 Å². The minimum absolute atomic E-state index is 0.634. The smallest absolute Gasteiger partial charge is 0.0159 e. The van der Waals surface area contributed by atoms with Crippen molar-refractivity contribution in [1.29, 1.82) is 0 Å². The van der Waals surface area contributed by atoms with Crippen LogP contribution >= 0.6 is 0 Å². The maximum absolute atomic E-state index is 3.88. The minimum atomic E-state index is 0.634. The van der Waals surface area contributed by atoms with Gasteiger partial charge in [0.25, 0.3) is 0 Å². The summed E-state index contributed by atoms with van der Waals surface area (Å²) < 4.78 is 0. The molecule has 1 heteroatoms. The van der Waals surface area contributed by atoms with Gasteiger partial charge in [-0.15, -0.1) is 0 Å². The molecule has 0 atom stereocenters. The van der Waals surface area contributed by atoms with E-state index in [0.29, 0.717) is 5.41 Å². The molecule has 0 saturated heterocycles. The summed E-state index contributed by atoms with van der Waals surface area (Å²) in [6, 6.07) is 0. The quantitative estimate of drug-likeness (QED) is 0.621. The lowest BCUT2D eigenvalue weighted by Crippen LogP contribution is -2.28. The van der Waals surface area contributed by atoms with E-state index in [0.717, 1.165) is 12.5 Å². The van der Waals surface area contributed by atoms with Gasteiger partial charge >= 0.3 is 0 Å². The highest BCUT2D eigenvalue weighted by Gasteiger charge is 2.44. The molecule has 0 aromatic heterocycles. The molecule has 0 amide bonds. The van der Waals surface area contributed by atoms with Gasteiger partial charge in [-0.05, 0) is 31.1 Å². The molecule has 1 nitrogen and oxygen atoms in total. The molecule has 0 radical (unpaired) electrons. The van der Waals surface area contributed by atoms with Crippen molar-refractivity contribution in [2.24, 2.45) is 11.3 Å². The van der Waals surface area contributed by atoms with Gasteiger partial charge < -0.3 is 5.32 Å². The lowest BCUT2D eigenvalue weighted by atomic mass is 9.92. The van der Waals surface area contributed by atoms with Crippen molar-refractivity contribution in [2.75, 3.05) is 13.1 Å². The van der Waals surface area contributed by atoms with Gasteiger partial charge in [0.1, 0.15) is 0 Å². The third-order valence-electron chi connectivity index (χ3n) is 3.02. The van der Waals surface area contributed by atoms with Gasteiger partial charge in [-0.3, -0.25) is 0 Å². The number of rotatable bonds is 5. The fourth-order valence-corrected chi connectivity index (χ4v) is 1.64. The van der Waals surface area contributed by atoms with Crippen LogP contribution in [0.2, 0.25) is 0 Å². The molecule has 0 spiro atoms. The zero-order valence-corrected chi connectivity index (χ0v) is 8.61. The molecule has 70 valence electrons. The Hall–Kier alpha value is -0.300. The molecule has 0 aromatic rings. The molecular weight excluding hydrogens is 146 g/mol. The third kappa shape index (κ3) is 2.34. The predicted octanol–water partition coefficient (Wildman–Crippen LogP) is 2.59. The fraction of sp³-hybridized carbons (Fsp3) is 0.818. The van der Waals surface area contributed by atoms with Crippen LogP contribution < -0.4 is 5.32 Å². The van der Waals surface area contributed by atoms with Crippen LogP contribution in [-0.2, 0) is 0 Å². The molecule has 1 rings (SSSR count). The van der Waals surface area contributed by atoms with Crippen LogP contribution in [0.4, 0.5) is 0 Å². The van der Waals surface area contributed by atoms with Crippen molar-refractivity contribution in [3.05, 3.63) is 12.2 Å². The van der Waals surface area contributed by atoms with Crippen LogP contribution in [0.1, 0.15) is 33.6 Å². The van der Waals surface area contributed by atoms with Gasteiger partial charge in [-0.25, -0.2) is 0 Å². The summed E-state index contributed by atoms with van der Waals surface area (Å²) in [6.07, 6.45) is 2.82. The lowest BCUT2D eigenvalue weighted by Gasteiger charge is -2.19. The standard InChI is InChI=1S/C11H21N/c1-9(2)7-12-8-11(5-6-11)10(3)4/h10,12H,1,5-8H2,2-4H3. The number of hydrogen-bond acceptors (Lipinski definition) is 1. The Labute approximate surface area is 76.2 Å². The van der Waals surface area contributed by atoms with Crippen LogP contribution in [-0.4, -0.2) is 13.1 Å². The average Bonchev–Trinajstić information content (AvgIpc) is 2.68. The summed E-state index contributed by atoms with van der Waals surface area (Å²) in [5, 5.41) is 3.47. The summed E-state index contributed by atoms with van der Waals surface area (Å²) >= 11 is 0. The molecule has 0 bridgehead atoms. The van der Waals surface area contributed by atoms with Crippen LogP contribution in [0.5, 0.6) is 0 Å². The highest BCUT2D eigenvalue weighted by Crippen LogP contribution is 2.51. The van der Waals surface area contributed by atoms with Crippen molar-refractivity contribution in [2.45, 2.75) is 33.6 Å². The van der Waals surface area contributed by atoms with Crippen molar-refractivity contribution in [3.63, 3.8) is 0 Å². The third-order valence-corrected chi connectivity index (χ3v) is 3.02. The van der Waals surface area contributed by atoms with Crippen LogP contribution in [0.25, 0.3) is 0 Å². The zero-order chi connectivity index (χ0) is 9.19. The van der Waals surface area contributed by atoms with Gasteiger partial charge in [-0.2, -0.15) is 0 Å². The van der Waals surface area contributed by atoms with Crippen LogP contribution in [0, 0.1) is 11.3 Å². The second kappa shape index (κ2) is 3.61. The second-order valence-corrected chi connectivity index (χ2v) is 4.58. The molecule has 0 unspecified atom stereocenters. The number of hydrogen-bond donors (Lipinski definition) is 1. The lowest BCUT2D eigenvalue weighted by molar-refractivity contribution is 0.343. The van der Waals surface area contributed by atoms with Gasteiger partial charge in [0.2, 0.25) is 0 Å². The first-order valence-electron chi connectivity index (χ1n) is 4.92. The molecule has 0 aliphatic heterocycles. The minimum Gasteiger partial charge on any atom is -0.312 e. The Balaban J connectivity index is 2.18. The van der Waals surface area contributed by atoms with E-state index in [1.165, 1.54) is 25.0 Å². The molecule has 12 heavy (non-hydrogen) atoms. The molecule has 1 aliphatic rings. The van der Waals surface area contributed by atoms with Gasteiger partial charge in [0.15, 0.2) is 0 Å². The molecule has 1 saturated carbocycles. The van der Waals surface area contributed by atoms with E-state index in [-0.39, 0.29) is 0 Å². The van der Waals surface area contributed by atoms with E-state index < -0.39 is 0 Å². The normalized spacial score (nSPS) is 19.7. The molecule has 1 N–H and O–H groups in total. The Bertz CT molecular complexity index is 166. The monoisotopic (exact) mass is 167 g/mol. The van der Waals surface area contributed by atoms with Crippen LogP contribution in [0.15, 0.2) is 12.2 Å². The summed E-state index contributed by atoms with van der Waals surface area (Å²) in [5.41, 5.74) is 1.87. The van der Waals surface area contributed by atoms with Crippen molar-refractivity contribution >= 4 is 0 Å². The average molecular weight is 167 g/mol. The number of nitrogens with one attached hydrogen (secondary N) is 1. The van der Waals surface area contributed by atoms with Gasteiger partial charge in [0.05, 0.1) is 0 Å². The summed E-state index contributed by atoms with van der Waals surface area (Å²) in [7, 11) is 0. The predicted molar refractivity (Wildman–Crippen MR) is 54.2 cm³/mol. The fourth-order valence-electron chi connectivity index (χ4n) is 1.64. The summed E-state index contributed by atoms with van der Waals surface area (Å²) in [4.78, 5) is 0. The first kappa shape index (κ1) is 9.79. The Kier molecular flexibility index (Phi) is 2.94. The van der Waals surface area contributed by atoms with E-state index in [1.807, 2.05) is 0 Å². The van der Waals surface area contributed by atoms with E-state index in [9.17, 15) is 0 Å². The molecule has 0 heterocycles. The van der Waals surface area contributed by atoms with Gasteiger partial charge in [-0.1, -0.05) is 26.0 Å². The Morgan fingerprint density at radius 3 is 2.42 bits per heavy atom. The first-order chi connectivity index (χ1) is 5.57. The molecule has 1 fully saturated rings. The SMILES string of the molecule is C=C(C)CNCC1(C(C)C)CC1. The van der Waals surface area contributed by atoms with E-state index in [4.69, 9.17) is 0 Å². The van der Waals surface area contributed by atoms with Crippen molar-refractivity contribution < 1.29 is 0 Å². The van der Waals surface area contributed by atoms with Crippen molar-refractivity contribution in [1.82, 2.24) is 5.32 Å².